The molecule has 4 aliphatic rings. The molecule has 1 amide bonds. The summed E-state index contributed by atoms with van der Waals surface area (Å²) in [5.74, 6) is 2.08. The minimum Gasteiger partial charge on any atom is -0.351 e. The van der Waals surface area contributed by atoms with E-state index in [2.05, 4.69) is 5.32 Å². The first-order chi connectivity index (χ1) is 12.2. The summed E-state index contributed by atoms with van der Waals surface area (Å²) >= 11 is 0. The fraction of sp³-hybridized carbons (Fsp3) is 0.667. The lowest BCUT2D eigenvalue weighted by Gasteiger charge is -2.56. The van der Waals surface area contributed by atoms with E-state index in [4.69, 9.17) is 0 Å². The molecule has 142 valence electrons. The first kappa shape index (κ1) is 18.0. The van der Waals surface area contributed by atoms with E-state index >= 15 is 0 Å². The van der Waals surface area contributed by atoms with Crippen molar-refractivity contribution in [3.63, 3.8) is 0 Å². The first-order valence-corrected chi connectivity index (χ1v) is 11.5. The number of aryl methyl sites for hydroxylation is 2. The lowest BCUT2D eigenvalue weighted by Crippen LogP contribution is -2.59. The smallest absolute Gasteiger partial charge is 0.221 e. The third-order valence-electron chi connectivity index (χ3n) is 6.88. The number of sulfone groups is 1. The Labute approximate surface area is 156 Å². The summed E-state index contributed by atoms with van der Waals surface area (Å²) in [5, 5.41) is 3.27. The number of nitrogens with one attached hydrogen (secondary N) is 1. The second-order valence-electron chi connectivity index (χ2n) is 9.06. The van der Waals surface area contributed by atoms with E-state index in [-0.39, 0.29) is 23.6 Å². The van der Waals surface area contributed by atoms with Crippen LogP contribution in [-0.2, 0) is 14.6 Å². The van der Waals surface area contributed by atoms with E-state index < -0.39 is 9.84 Å². The molecular weight excluding hydrogens is 346 g/mol. The topological polar surface area (TPSA) is 63.2 Å². The Morgan fingerprint density at radius 2 is 1.62 bits per heavy atom. The van der Waals surface area contributed by atoms with E-state index in [0.29, 0.717) is 4.90 Å². The largest absolute Gasteiger partial charge is 0.351 e. The zero-order valence-corrected chi connectivity index (χ0v) is 16.6. The molecule has 0 saturated heterocycles. The van der Waals surface area contributed by atoms with Crippen LogP contribution < -0.4 is 5.32 Å². The Morgan fingerprint density at radius 1 is 1.04 bits per heavy atom. The van der Waals surface area contributed by atoms with Gasteiger partial charge in [0.15, 0.2) is 9.84 Å². The van der Waals surface area contributed by atoms with Crippen molar-refractivity contribution in [3.05, 3.63) is 29.3 Å². The van der Waals surface area contributed by atoms with Gasteiger partial charge in [-0.3, -0.25) is 4.79 Å². The summed E-state index contributed by atoms with van der Waals surface area (Å²) in [6.07, 6.45) is 7.32. The third kappa shape index (κ3) is 3.42. The van der Waals surface area contributed by atoms with E-state index in [9.17, 15) is 13.2 Å². The molecule has 4 fully saturated rings. The Morgan fingerprint density at radius 3 is 2.15 bits per heavy atom. The third-order valence-corrected chi connectivity index (χ3v) is 8.59. The average Bonchev–Trinajstić information content (AvgIpc) is 2.54. The molecule has 0 unspecified atom stereocenters. The summed E-state index contributed by atoms with van der Waals surface area (Å²) < 4.78 is 25.2. The zero-order valence-electron chi connectivity index (χ0n) is 15.8. The van der Waals surface area contributed by atoms with Crippen LogP contribution in [0, 0.1) is 31.6 Å². The van der Waals surface area contributed by atoms with Gasteiger partial charge < -0.3 is 5.32 Å². The van der Waals surface area contributed by atoms with Crippen LogP contribution in [0.3, 0.4) is 0 Å². The Balaban J connectivity index is 1.39. The fourth-order valence-electron chi connectivity index (χ4n) is 5.87. The van der Waals surface area contributed by atoms with Crippen LogP contribution in [0.4, 0.5) is 0 Å². The van der Waals surface area contributed by atoms with Crippen molar-refractivity contribution in [1.82, 2.24) is 5.32 Å². The molecule has 1 aromatic rings. The van der Waals surface area contributed by atoms with Crippen LogP contribution in [0.1, 0.15) is 56.1 Å². The van der Waals surface area contributed by atoms with Crippen LogP contribution in [0.25, 0.3) is 0 Å². The van der Waals surface area contributed by atoms with Crippen LogP contribution in [-0.4, -0.2) is 25.6 Å². The maximum atomic E-state index is 12.6. The Kier molecular flexibility index (Phi) is 4.41. The van der Waals surface area contributed by atoms with Crippen LogP contribution in [0.2, 0.25) is 0 Å². The molecule has 0 aromatic heterocycles. The van der Waals surface area contributed by atoms with Crippen molar-refractivity contribution < 1.29 is 13.2 Å². The van der Waals surface area contributed by atoms with Gasteiger partial charge >= 0.3 is 0 Å². The second kappa shape index (κ2) is 6.36. The summed E-state index contributed by atoms with van der Waals surface area (Å²) in [4.78, 5) is 12.9. The lowest BCUT2D eigenvalue weighted by atomic mass is 9.53. The molecule has 5 rings (SSSR count). The van der Waals surface area contributed by atoms with Crippen molar-refractivity contribution in [2.75, 3.05) is 5.75 Å². The maximum absolute atomic E-state index is 12.6. The molecule has 4 nitrogen and oxygen atoms in total. The molecule has 4 bridgehead atoms. The van der Waals surface area contributed by atoms with E-state index in [0.717, 1.165) is 48.1 Å². The SMILES string of the molecule is Cc1ccc(S(=O)(=O)CCC(=O)NC23CC4CC(CC(C4)C2)C3)cc1C. The number of rotatable bonds is 5. The normalized spacial score (nSPS) is 32.6. The van der Waals surface area contributed by atoms with Crippen LogP contribution >= 0.6 is 0 Å². The molecule has 1 aromatic carbocycles. The molecule has 4 saturated carbocycles. The van der Waals surface area contributed by atoms with Crippen molar-refractivity contribution >= 4 is 15.7 Å². The molecular formula is C21H29NO3S. The molecule has 4 aliphatic carbocycles. The maximum Gasteiger partial charge on any atom is 0.221 e. The van der Waals surface area contributed by atoms with Gasteiger partial charge in [-0.05, 0) is 93.4 Å². The van der Waals surface area contributed by atoms with Crippen molar-refractivity contribution in [2.24, 2.45) is 17.8 Å². The summed E-state index contributed by atoms with van der Waals surface area (Å²) in [5.41, 5.74) is 1.99. The number of benzene rings is 1. The molecule has 0 heterocycles. The van der Waals surface area contributed by atoms with Crippen LogP contribution in [0.5, 0.6) is 0 Å². The number of carbonyl (C=O) groups is 1. The molecule has 0 atom stereocenters. The molecule has 5 heteroatoms. The van der Waals surface area contributed by atoms with Gasteiger partial charge in [-0.2, -0.15) is 0 Å². The van der Waals surface area contributed by atoms with Gasteiger partial charge in [-0.15, -0.1) is 0 Å². The van der Waals surface area contributed by atoms with E-state index in [1.807, 2.05) is 19.9 Å². The highest BCUT2D eigenvalue weighted by molar-refractivity contribution is 7.91. The summed E-state index contributed by atoms with van der Waals surface area (Å²) in [7, 11) is -3.42. The Hall–Kier alpha value is -1.36. The number of amides is 1. The quantitative estimate of drug-likeness (QED) is 0.856. The summed E-state index contributed by atoms with van der Waals surface area (Å²) in [6, 6.07) is 5.19. The average molecular weight is 376 g/mol. The van der Waals surface area contributed by atoms with Gasteiger partial charge in [-0.25, -0.2) is 8.42 Å². The highest BCUT2D eigenvalue weighted by Crippen LogP contribution is 2.55. The predicted octanol–water partition coefficient (Wildman–Crippen LogP) is 3.55. The summed E-state index contributed by atoms with van der Waals surface area (Å²) in [6.45, 7) is 3.87. The van der Waals surface area contributed by atoms with Gasteiger partial charge in [0.1, 0.15) is 0 Å². The van der Waals surface area contributed by atoms with Gasteiger partial charge in [-0.1, -0.05) is 6.07 Å². The lowest BCUT2D eigenvalue weighted by molar-refractivity contribution is -0.126. The number of hydrogen-bond donors (Lipinski definition) is 1. The molecule has 0 spiro atoms. The van der Waals surface area contributed by atoms with Gasteiger partial charge in [0.2, 0.25) is 5.91 Å². The fourth-order valence-corrected chi connectivity index (χ4v) is 7.20. The standard InChI is InChI=1S/C21H29NO3S/c1-14-3-4-19(7-15(14)2)26(24,25)6-5-20(23)22-21-11-16-8-17(12-21)10-18(9-16)13-21/h3-4,7,16-18H,5-6,8-13H2,1-2H3,(H,22,23). The predicted molar refractivity (Wildman–Crippen MR) is 102 cm³/mol. The van der Waals surface area contributed by atoms with Gasteiger partial charge in [0.05, 0.1) is 10.6 Å². The van der Waals surface area contributed by atoms with Crippen molar-refractivity contribution in [1.29, 1.82) is 0 Å². The van der Waals surface area contributed by atoms with Crippen LogP contribution in [0.15, 0.2) is 23.1 Å². The minimum atomic E-state index is -3.42. The van der Waals surface area contributed by atoms with E-state index in [1.54, 1.807) is 12.1 Å². The van der Waals surface area contributed by atoms with Crippen molar-refractivity contribution in [3.8, 4) is 0 Å². The molecule has 0 aliphatic heterocycles. The monoisotopic (exact) mass is 375 g/mol. The molecule has 26 heavy (non-hydrogen) atoms. The van der Waals surface area contributed by atoms with Gasteiger partial charge in [0, 0.05) is 12.0 Å². The second-order valence-corrected chi connectivity index (χ2v) is 11.2. The highest BCUT2D eigenvalue weighted by atomic mass is 32.2. The number of hydrogen-bond acceptors (Lipinski definition) is 3. The molecule has 1 N–H and O–H groups in total. The van der Waals surface area contributed by atoms with Crippen molar-refractivity contribution in [2.45, 2.75) is 69.2 Å². The Bertz CT molecular complexity index is 792. The minimum absolute atomic E-state index is 0.0456. The molecule has 0 radical (unpaired) electrons. The zero-order chi connectivity index (χ0) is 18.5. The van der Waals surface area contributed by atoms with E-state index in [1.165, 1.54) is 19.3 Å². The highest BCUT2D eigenvalue weighted by Gasteiger charge is 2.51. The van der Waals surface area contributed by atoms with Gasteiger partial charge in [0.25, 0.3) is 0 Å². The first-order valence-electron chi connectivity index (χ1n) is 9.86. The number of carbonyl (C=O) groups excluding carboxylic acids is 1.